The van der Waals surface area contributed by atoms with Crippen molar-refractivity contribution < 1.29 is 18.7 Å². The number of carbonyl (C=O) groups is 2. The lowest BCUT2D eigenvalue weighted by Gasteiger charge is -2.17. The Morgan fingerprint density at radius 2 is 1.86 bits per heavy atom. The van der Waals surface area contributed by atoms with E-state index in [4.69, 9.17) is 0 Å². The number of ether oxygens (including phenoxy) is 1. The van der Waals surface area contributed by atoms with Gasteiger partial charge in [-0.05, 0) is 27.8 Å². The SMILES string of the molecule is COC(=O)NC1c2ccccc2-c2cccc(CC(=O)F)c21. The van der Waals surface area contributed by atoms with Crippen molar-refractivity contribution in [2.24, 2.45) is 0 Å². The molecule has 0 saturated carbocycles. The highest BCUT2D eigenvalue weighted by molar-refractivity contribution is 5.84. The quantitative estimate of drug-likeness (QED) is 0.886. The van der Waals surface area contributed by atoms with Crippen LogP contribution in [0.1, 0.15) is 22.7 Å². The Hall–Kier alpha value is -2.69. The topological polar surface area (TPSA) is 55.4 Å². The fourth-order valence-corrected chi connectivity index (χ4v) is 2.97. The average molecular weight is 299 g/mol. The van der Waals surface area contributed by atoms with E-state index in [1.54, 1.807) is 12.1 Å². The first kappa shape index (κ1) is 14.3. The third-order valence-corrected chi connectivity index (χ3v) is 3.82. The Labute approximate surface area is 126 Å². The van der Waals surface area contributed by atoms with Crippen LogP contribution in [0.5, 0.6) is 0 Å². The summed E-state index contributed by atoms with van der Waals surface area (Å²) in [5.74, 6) is 0. The Balaban J connectivity index is 2.15. The molecular weight excluding hydrogens is 285 g/mol. The van der Waals surface area contributed by atoms with E-state index in [9.17, 15) is 14.0 Å². The third-order valence-electron chi connectivity index (χ3n) is 3.82. The van der Waals surface area contributed by atoms with Crippen molar-refractivity contribution in [2.45, 2.75) is 12.5 Å². The maximum Gasteiger partial charge on any atom is 0.407 e. The van der Waals surface area contributed by atoms with Crippen LogP contribution in [0.4, 0.5) is 9.18 Å². The van der Waals surface area contributed by atoms with Gasteiger partial charge in [-0.3, -0.25) is 4.79 Å². The lowest BCUT2D eigenvalue weighted by atomic mass is 9.97. The second kappa shape index (κ2) is 5.60. The van der Waals surface area contributed by atoms with Crippen LogP contribution in [0.2, 0.25) is 0 Å². The monoisotopic (exact) mass is 299 g/mol. The minimum Gasteiger partial charge on any atom is -0.453 e. The van der Waals surface area contributed by atoms with Gasteiger partial charge in [0.1, 0.15) is 0 Å². The van der Waals surface area contributed by atoms with Gasteiger partial charge in [-0.15, -0.1) is 0 Å². The second-order valence-electron chi connectivity index (χ2n) is 5.07. The number of hydrogen-bond donors (Lipinski definition) is 1. The number of rotatable bonds is 3. The second-order valence-corrected chi connectivity index (χ2v) is 5.07. The number of alkyl carbamates (subject to hydrolysis) is 1. The van der Waals surface area contributed by atoms with Crippen LogP contribution >= 0.6 is 0 Å². The van der Waals surface area contributed by atoms with E-state index in [2.05, 4.69) is 10.1 Å². The molecule has 1 atom stereocenters. The molecule has 1 amide bonds. The molecule has 1 unspecified atom stereocenters. The number of halogens is 1. The summed E-state index contributed by atoms with van der Waals surface area (Å²) in [7, 11) is 1.29. The molecule has 0 bridgehead atoms. The van der Waals surface area contributed by atoms with Crippen molar-refractivity contribution in [3.05, 3.63) is 59.2 Å². The normalized spacial score (nSPS) is 14.9. The van der Waals surface area contributed by atoms with Crippen molar-refractivity contribution in [3.8, 4) is 11.1 Å². The molecule has 1 N–H and O–H groups in total. The number of amides is 1. The van der Waals surface area contributed by atoms with E-state index < -0.39 is 18.2 Å². The molecule has 22 heavy (non-hydrogen) atoms. The van der Waals surface area contributed by atoms with Gasteiger partial charge in [-0.2, -0.15) is 4.39 Å². The lowest BCUT2D eigenvalue weighted by molar-refractivity contribution is -0.128. The highest BCUT2D eigenvalue weighted by Crippen LogP contribution is 2.45. The number of methoxy groups -OCH3 is 1. The molecule has 2 aromatic rings. The summed E-state index contributed by atoms with van der Waals surface area (Å²) in [4.78, 5) is 22.5. The van der Waals surface area contributed by atoms with Crippen molar-refractivity contribution >= 4 is 12.1 Å². The summed E-state index contributed by atoms with van der Waals surface area (Å²) in [6.07, 6.45) is -0.884. The Morgan fingerprint density at radius 1 is 1.14 bits per heavy atom. The smallest absolute Gasteiger partial charge is 0.407 e. The summed E-state index contributed by atoms with van der Waals surface area (Å²) in [6, 6.07) is 11.1. The molecule has 0 radical (unpaired) electrons. The minimum atomic E-state index is -1.40. The summed E-state index contributed by atoms with van der Waals surface area (Å²) in [6.45, 7) is 0. The number of benzene rings is 2. The molecule has 2 aromatic carbocycles. The Bertz CT molecular complexity index is 757. The van der Waals surface area contributed by atoms with E-state index in [1.807, 2.05) is 30.3 Å². The number of fused-ring (bicyclic) bond motifs is 3. The maximum absolute atomic E-state index is 12.9. The highest BCUT2D eigenvalue weighted by Gasteiger charge is 2.32. The predicted octanol–water partition coefficient (Wildman–Crippen LogP) is 3.15. The van der Waals surface area contributed by atoms with Gasteiger partial charge >= 0.3 is 12.1 Å². The van der Waals surface area contributed by atoms with Gasteiger partial charge in [-0.25, -0.2) is 4.79 Å². The molecule has 1 aliphatic carbocycles. The van der Waals surface area contributed by atoms with Gasteiger partial charge in [0.05, 0.1) is 19.6 Å². The highest BCUT2D eigenvalue weighted by atomic mass is 19.1. The molecule has 0 heterocycles. The lowest BCUT2D eigenvalue weighted by Crippen LogP contribution is -2.28. The molecule has 1 aliphatic rings. The molecule has 112 valence electrons. The van der Waals surface area contributed by atoms with Gasteiger partial charge in [0.25, 0.3) is 0 Å². The number of hydrogen-bond acceptors (Lipinski definition) is 3. The molecular formula is C17H14FNO3. The first-order chi connectivity index (χ1) is 10.6. The van der Waals surface area contributed by atoms with Gasteiger partial charge in [0.2, 0.25) is 0 Å². The number of nitrogens with one attached hydrogen (secondary N) is 1. The van der Waals surface area contributed by atoms with Gasteiger partial charge in [-0.1, -0.05) is 42.5 Å². The van der Waals surface area contributed by atoms with E-state index >= 15 is 0 Å². The zero-order valence-corrected chi connectivity index (χ0v) is 11.9. The molecule has 0 aromatic heterocycles. The first-order valence-electron chi connectivity index (χ1n) is 6.85. The van der Waals surface area contributed by atoms with Crippen LogP contribution in [0.15, 0.2) is 42.5 Å². The molecule has 0 aliphatic heterocycles. The van der Waals surface area contributed by atoms with Crippen molar-refractivity contribution in [2.75, 3.05) is 7.11 Å². The van der Waals surface area contributed by atoms with E-state index in [0.717, 1.165) is 22.3 Å². The zero-order chi connectivity index (χ0) is 15.7. The van der Waals surface area contributed by atoms with Crippen LogP contribution < -0.4 is 5.32 Å². The number of carbonyl (C=O) groups excluding carboxylic acids is 2. The molecule has 0 saturated heterocycles. The van der Waals surface area contributed by atoms with E-state index in [-0.39, 0.29) is 6.42 Å². The Kier molecular flexibility index (Phi) is 3.63. The van der Waals surface area contributed by atoms with Crippen LogP contribution in [-0.4, -0.2) is 19.2 Å². The average Bonchev–Trinajstić information content (AvgIpc) is 2.82. The van der Waals surface area contributed by atoms with Crippen LogP contribution in [0.25, 0.3) is 11.1 Å². The third kappa shape index (κ3) is 2.35. The zero-order valence-electron chi connectivity index (χ0n) is 11.9. The standard InChI is InChI=1S/C17H14FNO3/c1-22-17(21)19-16-13-7-3-2-6-11(13)12-8-4-5-10(15(12)16)9-14(18)20/h2-8,16H,9H2,1H3,(H,19,21). The minimum absolute atomic E-state index is 0.309. The van der Waals surface area contributed by atoms with Crippen molar-refractivity contribution in [1.82, 2.24) is 5.32 Å². The van der Waals surface area contributed by atoms with E-state index in [1.165, 1.54) is 7.11 Å². The molecule has 0 fully saturated rings. The van der Waals surface area contributed by atoms with Crippen molar-refractivity contribution in [3.63, 3.8) is 0 Å². The molecule has 3 rings (SSSR count). The summed E-state index contributed by atoms with van der Waals surface area (Å²) in [5, 5.41) is 2.76. The van der Waals surface area contributed by atoms with Gasteiger partial charge < -0.3 is 10.1 Å². The Morgan fingerprint density at radius 3 is 2.59 bits per heavy atom. The fourth-order valence-electron chi connectivity index (χ4n) is 2.97. The predicted molar refractivity (Wildman–Crippen MR) is 79.1 cm³/mol. The first-order valence-corrected chi connectivity index (χ1v) is 6.85. The molecule has 0 spiro atoms. The van der Waals surface area contributed by atoms with E-state index in [0.29, 0.717) is 5.56 Å². The molecule has 5 heteroatoms. The van der Waals surface area contributed by atoms with Crippen LogP contribution in [0.3, 0.4) is 0 Å². The van der Waals surface area contributed by atoms with Crippen LogP contribution in [-0.2, 0) is 16.0 Å². The van der Waals surface area contributed by atoms with Gasteiger partial charge in [0.15, 0.2) is 0 Å². The van der Waals surface area contributed by atoms with Gasteiger partial charge in [0, 0.05) is 0 Å². The maximum atomic E-state index is 12.9. The van der Waals surface area contributed by atoms with Crippen molar-refractivity contribution in [1.29, 1.82) is 0 Å². The fraction of sp³-hybridized carbons (Fsp3) is 0.176. The summed E-state index contributed by atoms with van der Waals surface area (Å²) < 4.78 is 17.6. The van der Waals surface area contributed by atoms with Crippen LogP contribution in [0, 0.1) is 0 Å². The summed E-state index contributed by atoms with van der Waals surface area (Å²) in [5.41, 5.74) is 4.09. The molecule has 4 nitrogen and oxygen atoms in total. The summed E-state index contributed by atoms with van der Waals surface area (Å²) >= 11 is 0. The largest absolute Gasteiger partial charge is 0.453 e.